The number of phenols is 2. The van der Waals surface area contributed by atoms with Crippen molar-refractivity contribution < 1.29 is 62.9 Å². The van der Waals surface area contributed by atoms with Crippen molar-refractivity contribution in [3.63, 3.8) is 0 Å². The molecule has 2 saturated heterocycles. The van der Waals surface area contributed by atoms with Crippen molar-refractivity contribution in [2.24, 2.45) is 39.6 Å². The Bertz CT molecular complexity index is 2950. The van der Waals surface area contributed by atoms with E-state index in [0.29, 0.717) is 56.3 Å². The highest BCUT2D eigenvalue weighted by atomic mass is 19.1. The Morgan fingerprint density at radius 2 is 1.63 bits per heavy atom. The molecule has 6 heterocycles. The molecule has 6 N–H and O–H groups in total. The number of hydrogen-bond acceptors (Lipinski definition) is 16. The van der Waals surface area contributed by atoms with E-state index in [1.165, 1.54) is 56.4 Å². The van der Waals surface area contributed by atoms with E-state index in [4.69, 9.17) is 23.9 Å². The van der Waals surface area contributed by atoms with Crippen LogP contribution in [0.1, 0.15) is 90.6 Å². The smallest absolute Gasteiger partial charge is 0.315 e. The number of ether oxygens (including phenoxy) is 4. The van der Waals surface area contributed by atoms with Gasteiger partial charge in [-0.2, -0.15) is 0 Å². The normalized spacial score (nSPS) is 29.8. The fraction of sp³-hybridized carbons (Fsp3) is 0.536. The quantitative estimate of drug-likeness (QED) is 0.0917. The van der Waals surface area contributed by atoms with Crippen LogP contribution in [0, 0.1) is 42.3 Å². The third-order valence-corrected chi connectivity index (χ3v) is 15.6. The summed E-state index contributed by atoms with van der Waals surface area (Å²) < 4.78 is 38.0. The largest absolute Gasteiger partial charge is 0.507 e. The lowest BCUT2D eigenvalue weighted by Gasteiger charge is -2.40. The van der Waals surface area contributed by atoms with E-state index in [1.807, 2.05) is 0 Å². The highest BCUT2D eigenvalue weighted by molar-refractivity contribution is 6.21. The standard InChI is InChI=1S/C56H71FN6O12/c1-28(2)25-62-21-19-56(20-22-62)60-44-41-42-49(68)34(8)52-43(41)53(70)55(9,75-52)73-23-18-38(72-10)31(5)51(74-40(65)24-39(64)63-26-37(27-63)58-36-16-14-35(57)15-17-36)33(7)48(67)32(6)47(66)29(3)12-11-13-30(4)54(71)59-46(50(42)69)45(44)61-56/h11-18,23,28-29,31-33,37-38,47-48,51,58,60,66-69H,19-22,24-27H2,1-10H3/b12-11+,23-18+,30-13-,59-46?/t29-,31+,32+,33+,38-,47-,48+,51+,55-/m0/s1. The molecule has 3 aromatic carbocycles. The van der Waals surface area contributed by atoms with Gasteiger partial charge in [-0.3, -0.25) is 24.2 Å². The summed E-state index contributed by atoms with van der Waals surface area (Å²) in [4.78, 5) is 69.5. The molecule has 404 valence electrons. The van der Waals surface area contributed by atoms with E-state index < -0.39 is 101 Å². The molecule has 6 aliphatic rings. The number of allylic oxidation sites excluding steroid dienone is 2. The van der Waals surface area contributed by atoms with Crippen LogP contribution in [0.4, 0.5) is 15.8 Å². The maximum absolute atomic E-state index is 15.0. The highest BCUT2D eigenvalue weighted by Gasteiger charge is 2.51. The molecule has 18 nitrogen and oxygen atoms in total. The molecule has 2 amide bonds. The molecule has 0 saturated carbocycles. The van der Waals surface area contributed by atoms with Gasteiger partial charge in [0.25, 0.3) is 11.7 Å². The summed E-state index contributed by atoms with van der Waals surface area (Å²) in [5.74, 6) is -8.57. The number of aliphatic hydroxyl groups excluding tert-OH is 2. The highest BCUT2D eigenvalue weighted by Crippen LogP contribution is 2.51. The second-order valence-corrected chi connectivity index (χ2v) is 21.7. The molecule has 9 atom stereocenters. The Morgan fingerprint density at radius 1 is 0.947 bits per heavy atom. The number of anilines is 2. The van der Waals surface area contributed by atoms with Gasteiger partial charge in [0, 0.05) is 105 Å². The number of halogens is 1. The summed E-state index contributed by atoms with van der Waals surface area (Å²) in [6.07, 6.45) is 3.59. The van der Waals surface area contributed by atoms with Gasteiger partial charge < -0.3 is 59.8 Å². The molecule has 0 radical (unpaired) electrons. The predicted octanol–water partition coefficient (Wildman–Crippen LogP) is 5.58. The number of aliphatic hydroxyl groups is 2. The minimum atomic E-state index is -2.03. The van der Waals surface area contributed by atoms with Gasteiger partial charge >= 0.3 is 11.8 Å². The summed E-state index contributed by atoms with van der Waals surface area (Å²) in [7, 11) is 1.42. The van der Waals surface area contributed by atoms with Crippen LogP contribution in [-0.2, 0) is 28.6 Å². The number of carbonyl (C=O) groups is 4. The monoisotopic (exact) mass is 1040 g/mol. The summed E-state index contributed by atoms with van der Waals surface area (Å²) in [6, 6.07) is 5.75. The van der Waals surface area contributed by atoms with Crippen molar-refractivity contribution in [1.82, 2.24) is 9.80 Å². The average molecular weight is 1040 g/mol. The van der Waals surface area contributed by atoms with Gasteiger partial charge in [0.15, 0.2) is 5.75 Å². The molecule has 75 heavy (non-hydrogen) atoms. The van der Waals surface area contributed by atoms with E-state index in [9.17, 15) is 44.0 Å². The van der Waals surface area contributed by atoms with Gasteiger partial charge in [0.05, 0.1) is 47.3 Å². The lowest BCUT2D eigenvalue weighted by molar-refractivity contribution is -0.166. The fourth-order valence-corrected chi connectivity index (χ4v) is 11.0. The van der Waals surface area contributed by atoms with Crippen LogP contribution in [0.15, 0.2) is 70.4 Å². The Balaban J connectivity index is 1.14. The van der Waals surface area contributed by atoms with Crippen molar-refractivity contribution in [3.05, 3.63) is 88.1 Å². The zero-order valence-corrected chi connectivity index (χ0v) is 44.3. The number of rotatable bonds is 8. The van der Waals surface area contributed by atoms with Gasteiger partial charge in [-0.15, -0.1) is 0 Å². The number of benzene rings is 3. The number of piperidine rings is 1. The van der Waals surface area contributed by atoms with Crippen LogP contribution in [0.5, 0.6) is 17.2 Å². The molecule has 6 aliphatic heterocycles. The van der Waals surface area contributed by atoms with E-state index in [0.717, 1.165) is 6.54 Å². The Morgan fingerprint density at radius 3 is 2.28 bits per heavy atom. The zero-order valence-electron chi connectivity index (χ0n) is 44.3. The molecular formula is C56H71FN6O12. The lowest BCUT2D eigenvalue weighted by Crippen LogP contribution is -2.57. The van der Waals surface area contributed by atoms with E-state index in [2.05, 4.69) is 34.4 Å². The van der Waals surface area contributed by atoms with Gasteiger partial charge in [0.2, 0.25) is 5.91 Å². The molecule has 3 aromatic rings. The van der Waals surface area contributed by atoms with Crippen LogP contribution in [0.2, 0.25) is 0 Å². The number of ketones is 1. The van der Waals surface area contributed by atoms with Crippen molar-refractivity contribution in [2.45, 2.75) is 123 Å². The van der Waals surface area contributed by atoms with Crippen molar-refractivity contribution in [1.29, 1.82) is 0 Å². The summed E-state index contributed by atoms with van der Waals surface area (Å²) in [5.41, 5.74) is 0.389. The van der Waals surface area contributed by atoms with Gasteiger partial charge in [-0.05, 0) is 50.1 Å². The van der Waals surface area contributed by atoms with Gasteiger partial charge in [-0.1, -0.05) is 59.8 Å². The number of methoxy groups -OCH3 is 1. The Hall–Kier alpha value is -6.41. The minimum Gasteiger partial charge on any atom is -0.507 e. The molecule has 0 unspecified atom stereocenters. The van der Waals surface area contributed by atoms with Crippen LogP contribution < -0.4 is 26.1 Å². The number of nitrogens with one attached hydrogen (secondary N) is 2. The van der Waals surface area contributed by atoms with Crippen molar-refractivity contribution in [2.75, 3.05) is 50.5 Å². The van der Waals surface area contributed by atoms with Crippen LogP contribution in [0.25, 0.3) is 10.8 Å². The number of amides is 2. The van der Waals surface area contributed by atoms with Gasteiger partial charge in [0.1, 0.15) is 46.2 Å². The Labute approximate surface area is 436 Å². The molecule has 2 fully saturated rings. The van der Waals surface area contributed by atoms with Gasteiger partial charge in [-0.25, -0.2) is 9.38 Å². The van der Waals surface area contributed by atoms with Crippen LogP contribution in [-0.4, -0.2) is 136 Å². The lowest BCUT2D eigenvalue weighted by atomic mass is 9.78. The topological polar surface area (TPSA) is 241 Å². The predicted molar refractivity (Wildman–Crippen MR) is 277 cm³/mol. The number of hydrogen-bond donors (Lipinski definition) is 6. The zero-order chi connectivity index (χ0) is 54.4. The molecule has 19 heteroatoms. The number of fused-ring (bicyclic) bond motifs is 13. The maximum Gasteiger partial charge on any atom is 0.315 e. The number of carbonyl (C=O) groups excluding carboxylic acids is 4. The molecular weight excluding hydrogens is 968 g/mol. The van der Waals surface area contributed by atoms with Crippen LogP contribution in [0.3, 0.4) is 0 Å². The summed E-state index contributed by atoms with van der Waals surface area (Å²) in [6.45, 7) is 18.5. The molecule has 9 rings (SSSR count). The van der Waals surface area contributed by atoms with E-state index >= 15 is 0 Å². The first-order valence-corrected chi connectivity index (χ1v) is 25.9. The number of likely N-dealkylation sites (tertiary alicyclic amines) is 2. The molecule has 0 aliphatic carbocycles. The number of esters is 1. The number of nitrogens with zero attached hydrogens (tertiary/aromatic N) is 4. The van der Waals surface area contributed by atoms with E-state index in [1.54, 1.807) is 58.9 Å². The first-order valence-electron chi connectivity index (χ1n) is 25.9. The third kappa shape index (κ3) is 10.9. The third-order valence-electron chi connectivity index (χ3n) is 15.6. The molecule has 0 aromatic heterocycles. The maximum atomic E-state index is 15.0. The second kappa shape index (κ2) is 21.7. The SMILES string of the molecule is CO[C@H]1/C=C/O[C@@]2(C)Oc3c(C)c(O)c4c(O)c(c5c(c4c3C2=O)NC2(CCN(CC(C)C)CC2)N=5)=NC(=O)/C(C)=C\C=C\[C@H](C)[C@H](O)[C@@H](C)[C@@H](O)[C@@H](C)[C@H](OC(=O)CC(=O)N2CC(Nc3ccc(F)cc3)C2)[C@@H]1C. The van der Waals surface area contributed by atoms with Crippen LogP contribution >= 0.6 is 0 Å². The first-order chi connectivity index (χ1) is 35.5. The molecule has 1 spiro atoms. The average Bonchev–Trinajstić information content (AvgIpc) is 3.86. The van der Waals surface area contributed by atoms with E-state index in [-0.39, 0.29) is 55.8 Å². The summed E-state index contributed by atoms with van der Waals surface area (Å²) >= 11 is 0. The minimum absolute atomic E-state index is 0.0117. The number of Topliss-reactive ketones (excluding diaryl/α,β-unsaturated/α-hetero) is 1. The number of aromatic hydroxyl groups is 2. The second-order valence-electron chi connectivity index (χ2n) is 21.7. The number of phenolic OH excluding ortho intramolecular Hbond substituents is 2. The van der Waals surface area contributed by atoms with Crippen molar-refractivity contribution in [3.8, 4) is 17.2 Å². The fourth-order valence-electron chi connectivity index (χ4n) is 11.0. The van der Waals surface area contributed by atoms with Crippen molar-refractivity contribution >= 4 is 45.7 Å². The Kier molecular flexibility index (Phi) is 15.8. The molecule has 5 bridgehead atoms. The summed E-state index contributed by atoms with van der Waals surface area (Å²) in [5, 5.41) is 54.5. The first kappa shape index (κ1) is 54.8.